The quantitative estimate of drug-likeness (QED) is 0.863. The van der Waals surface area contributed by atoms with Gasteiger partial charge in [0, 0.05) is 33.0 Å². The first-order valence-corrected chi connectivity index (χ1v) is 6.77. The van der Waals surface area contributed by atoms with E-state index >= 15 is 0 Å². The third kappa shape index (κ3) is 3.23. The van der Waals surface area contributed by atoms with Crippen molar-refractivity contribution in [2.75, 3.05) is 30.9 Å². The summed E-state index contributed by atoms with van der Waals surface area (Å²) in [7, 11) is 3.80. The predicted molar refractivity (Wildman–Crippen MR) is 79.2 cm³/mol. The lowest BCUT2D eigenvalue weighted by molar-refractivity contribution is 0.554. The van der Waals surface area contributed by atoms with Crippen molar-refractivity contribution in [2.24, 2.45) is 5.92 Å². The third-order valence-corrected chi connectivity index (χ3v) is 3.19. The van der Waals surface area contributed by atoms with E-state index in [2.05, 4.69) is 44.0 Å². The zero-order chi connectivity index (χ0) is 14.5. The van der Waals surface area contributed by atoms with Crippen LogP contribution in [0.2, 0.25) is 0 Å². The first-order valence-electron chi connectivity index (χ1n) is 6.77. The molecule has 1 unspecified atom stereocenters. The Morgan fingerprint density at radius 2 is 2.15 bits per heavy atom. The lowest BCUT2D eigenvalue weighted by Gasteiger charge is -2.21. The zero-order valence-corrected chi connectivity index (χ0v) is 12.4. The lowest BCUT2D eigenvalue weighted by atomic mass is 10.1. The highest BCUT2D eigenvalue weighted by Crippen LogP contribution is 2.14. The Bertz CT molecular complexity index is 538. The minimum atomic E-state index is 0.551. The minimum absolute atomic E-state index is 0.551. The highest BCUT2D eigenvalue weighted by atomic mass is 15.3. The van der Waals surface area contributed by atoms with E-state index in [1.165, 1.54) is 0 Å². The van der Waals surface area contributed by atoms with Crippen LogP contribution in [0.5, 0.6) is 0 Å². The number of nitrogens with zero attached hydrogens (tertiary/aromatic N) is 6. The van der Waals surface area contributed by atoms with Gasteiger partial charge in [0.2, 0.25) is 17.8 Å². The Morgan fingerprint density at radius 1 is 1.35 bits per heavy atom. The summed E-state index contributed by atoms with van der Waals surface area (Å²) in [6.07, 6.45) is 6.31. The lowest BCUT2D eigenvalue weighted by Crippen LogP contribution is -2.26. The van der Waals surface area contributed by atoms with Gasteiger partial charge in [-0.05, 0) is 5.92 Å². The Morgan fingerprint density at radius 3 is 2.75 bits per heavy atom. The van der Waals surface area contributed by atoms with E-state index in [-0.39, 0.29) is 0 Å². The standard InChI is InChI=1S/C13H21N7/c1-5-10(2)8-19(4)12-16-11(14-3)17-13(18-12)20-7-6-15-9-20/h6-7,9-10H,5,8H2,1-4H3,(H,14,16,17,18). The molecular formula is C13H21N7. The molecule has 0 saturated heterocycles. The fourth-order valence-electron chi connectivity index (χ4n) is 1.81. The molecule has 0 amide bonds. The number of aromatic nitrogens is 5. The molecule has 0 saturated carbocycles. The number of rotatable bonds is 6. The number of hydrogen-bond acceptors (Lipinski definition) is 6. The van der Waals surface area contributed by atoms with E-state index in [9.17, 15) is 0 Å². The third-order valence-electron chi connectivity index (χ3n) is 3.19. The van der Waals surface area contributed by atoms with Crippen LogP contribution in [-0.4, -0.2) is 45.1 Å². The summed E-state index contributed by atoms with van der Waals surface area (Å²) in [5.41, 5.74) is 0. The highest BCUT2D eigenvalue weighted by Gasteiger charge is 2.12. The Balaban J connectivity index is 2.31. The van der Waals surface area contributed by atoms with Gasteiger partial charge in [0.05, 0.1) is 0 Å². The largest absolute Gasteiger partial charge is 0.357 e. The van der Waals surface area contributed by atoms with Crippen LogP contribution < -0.4 is 10.2 Å². The number of imidazole rings is 1. The molecule has 2 aromatic rings. The van der Waals surface area contributed by atoms with Gasteiger partial charge in [0.25, 0.3) is 0 Å². The fourth-order valence-corrected chi connectivity index (χ4v) is 1.81. The van der Waals surface area contributed by atoms with Gasteiger partial charge in [-0.25, -0.2) is 4.98 Å². The van der Waals surface area contributed by atoms with Crippen molar-refractivity contribution in [3.05, 3.63) is 18.7 Å². The molecule has 1 atom stereocenters. The van der Waals surface area contributed by atoms with Crippen molar-refractivity contribution in [1.29, 1.82) is 0 Å². The van der Waals surface area contributed by atoms with Gasteiger partial charge in [-0.3, -0.25) is 4.57 Å². The Hall–Kier alpha value is -2.18. The Kier molecular flexibility index (Phi) is 4.49. The predicted octanol–water partition coefficient (Wildman–Crippen LogP) is 1.58. The van der Waals surface area contributed by atoms with Gasteiger partial charge < -0.3 is 10.2 Å². The molecule has 0 aromatic carbocycles. The Labute approximate surface area is 119 Å². The SMILES string of the molecule is CCC(C)CN(C)c1nc(NC)nc(-n2ccnc2)n1. The van der Waals surface area contributed by atoms with Crippen molar-refractivity contribution in [1.82, 2.24) is 24.5 Å². The molecule has 20 heavy (non-hydrogen) atoms. The maximum Gasteiger partial charge on any atom is 0.241 e. The molecular weight excluding hydrogens is 254 g/mol. The fraction of sp³-hybridized carbons (Fsp3) is 0.538. The van der Waals surface area contributed by atoms with Gasteiger partial charge in [-0.1, -0.05) is 20.3 Å². The molecule has 0 fully saturated rings. The van der Waals surface area contributed by atoms with Gasteiger partial charge in [0.1, 0.15) is 6.33 Å². The van der Waals surface area contributed by atoms with E-state index in [1.807, 2.05) is 13.2 Å². The number of hydrogen-bond donors (Lipinski definition) is 1. The smallest absolute Gasteiger partial charge is 0.241 e. The summed E-state index contributed by atoms with van der Waals surface area (Å²) < 4.78 is 1.77. The second-order valence-electron chi connectivity index (χ2n) is 4.87. The summed E-state index contributed by atoms with van der Waals surface area (Å²) in [5.74, 6) is 2.36. The van der Waals surface area contributed by atoms with E-state index < -0.39 is 0 Å². The molecule has 0 bridgehead atoms. The van der Waals surface area contributed by atoms with Gasteiger partial charge in [0.15, 0.2) is 0 Å². The molecule has 2 rings (SSSR count). The summed E-state index contributed by atoms with van der Waals surface area (Å²) in [4.78, 5) is 19.3. The highest BCUT2D eigenvalue weighted by molar-refractivity contribution is 5.39. The average molecular weight is 275 g/mol. The summed E-state index contributed by atoms with van der Waals surface area (Å²) in [6.45, 7) is 5.31. The van der Waals surface area contributed by atoms with Crippen molar-refractivity contribution in [3.8, 4) is 5.95 Å². The summed E-state index contributed by atoms with van der Waals surface area (Å²) in [5, 5.41) is 2.97. The first-order chi connectivity index (χ1) is 9.63. The summed E-state index contributed by atoms with van der Waals surface area (Å²) in [6, 6.07) is 0. The molecule has 2 heterocycles. The van der Waals surface area contributed by atoms with E-state index in [0.717, 1.165) is 13.0 Å². The molecule has 7 nitrogen and oxygen atoms in total. The molecule has 1 N–H and O–H groups in total. The molecule has 0 radical (unpaired) electrons. The van der Waals surface area contributed by atoms with Crippen LogP contribution in [0.1, 0.15) is 20.3 Å². The van der Waals surface area contributed by atoms with Crippen LogP contribution >= 0.6 is 0 Å². The first kappa shape index (κ1) is 14.2. The normalized spacial score (nSPS) is 12.2. The average Bonchev–Trinajstić information content (AvgIpc) is 3.00. The van der Waals surface area contributed by atoms with Crippen molar-refractivity contribution < 1.29 is 0 Å². The van der Waals surface area contributed by atoms with Gasteiger partial charge in [-0.2, -0.15) is 15.0 Å². The van der Waals surface area contributed by atoms with Crippen molar-refractivity contribution in [3.63, 3.8) is 0 Å². The second kappa shape index (κ2) is 6.31. The molecule has 0 aliphatic rings. The van der Waals surface area contributed by atoms with E-state index in [0.29, 0.717) is 23.8 Å². The maximum absolute atomic E-state index is 4.50. The van der Waals surface area contributed by atoms with Crippen LogP contribution in [0.3, 0.4) is 0 Å². The van der Waals surface area contributed by atoms with Crippen LogP contribution in [0.25, 0.3) is 5.95 Å². The monoisotopic (exact) mass is 275 g/mol. The molecule has 7 heteroatoms. The van der Waals surface area contributed by atoms with Crippen molar-refractivity contribution >= 4 is 11.9 Å². The van der Waals surface area contributed by atoms with Crippen LogP contribution in [0.15, 0.2) is 18.7 Å². The van der Waals surface area contributed by atoms with E-state index in [1.54, 1.807) is 24.1 Å². The number of nitrogens with one attached hydrogen (secondary N) is 1. The maximum atomic E-state index is 4.50. The summed E-state index contributed by atoms with van der Waals surface area (Å²) >= 11 is 0. The topological polar surface area (TPSA) is 71.8 Å². The molecule has 0 aliphatic heterocycles. The van der Waals surface area contributed by atoms with Crippen LogP contribution in [-0.2, 0) is 0 Å². The van der Waals surface area contributed by atoms with Gasteiger partial charge in [-0.15, -0.1) is 0 Å². The minimum Gasteiger partial charge on any atom is -0.357 e. The van der Waals surface area contributed by atoms with Gasteiger partial charge >= 0.3 is 0 Å². The van der Waals surface area contributed by atoms with Crippen LogP contribution in [0, 0.1) is 5.92 Å². The molecule has 108 valence electrons. The zero-order valence-electron chi connectivity index (χ0n) is 12.4. The second-order valence-corrected chi connectivity index (χ2v) is 4.87. The molecule has 0 aliphatic carbocycles. The van der Waals surface area contributed by atoms with E-state index in [4.69, 9.17) is 0 Å². The number of anilines is 2. The van der Waals surface area contributed by atoms with Crippen LogP contribution in [0.4, 0.5) is 11.9 Å². The van der Waals surface area contributed by atoms with Crippen molar-refractivity contribution in [2.45, 2.75) is 20.3 Å². The molecule has 0 spiro atoms. The molecule has 2 aromatic heterocycles.